The van der Waals surface area contributed by atoms with Gasteiger partial charge in [0.25, 0.3) is 10.0 Å². The lowest BCUT2D eigenvalue weighted by molar-refractivity contribution is -0.140. The van der Waals surface area contributed by atoms with Gasteiger partial charge < -0.3 is 10.2 Å². The Bertz CT molecular complexity index is 1420. The third kappa shape index (κ3) is 8.11. The second-order valence-electron chi connectivity index (χ2n) is 9.98. The molecule has 39 heavy (non-hydrogen) atoms. The summed E-state index contributed by atoms with van der Waals surface area (Å²) < 4.78 is 28.5. The molecule has 0 aromatic heterocycles. The molecule has 0 saturated carbocycles. The third-order valence-corrected chi connectivity index (χ3v) is 8.30. The van der Waals surface area contributed by atoms with Crippen molar-refractivity contribution in [3.8, 4) is 0 Å². The van der Waals surface area contributed by atoms with Gasteiger partial charge in [-0.25, -0.2) is 8.42 Å². The molecule has 3 rings (SSSR count). The Morgan fingerprint density at radius 2 is 1.46 bits per heavy atom. The molecule has 0 aliphatic heterocycles. The van der Waals surface area contributed by atoms with E-state index < -0.39 is 40.0 Å². The van der Waals surface area contributed by atoms with Crippen molar-refractivity contribution in [1.29, 1.82) is 0 Å². The molecule has 0 heterocycles. The van der Waals surface area contributed by atoms with Crippen LogP contribution in [0.1, 0.15) is 33.3 Å². The van der Waals surface area contributed by atoms with Gasteiger partial charge in [-0.15, -0.1) is 0 Å². The van der Waals surface area contributed by atoms with Crippen LogP contribution in [0.2, 0.25) is 15.1 Å². The summed E-state index contributed by atoms with van der Waals surface area (Å²) in [6.07, 6.45) is 0. The average Bonchev–Trinajstić information content (AvgIpc) is 2.85. The van der Waals surface area contributed by atoms with Crippen molar-refractivity contribution < 1.29 is 18.0 Å². The monoisotopic (exact) mass is 609 g/mol. The number of hydrogen-bond donors (Lipinski definition) is 1. The van der Waals surface area contributed by atoms with Crippen molar-refractivity contribution in [2.24, 2.45) is 0 Å². The standard InChI is InChI=1S/C28H30Cl3N3O4S/c1-19(27(36)32-28(2,3)4)33(17-20-10-8-9-13-25(20)31)26(35)18-34(23-15-21(29)14-22(30)16-23)39(37,38)24-11-6-5-7-12-24/h5-16,19H,17-18H2,1-4H3,(H,32,36). The molecule has 3 aromatic carbocycles. The number of amides is 2. The molecule has 3 aromatic rings. The van der Waals surface area contributed by atoms with E-state index in [4.69, 9.17) is 34.8 Å². The molecule has 0 radical (unpaired) electrons. The van der Waals surface area contributed by atoms with Crippen LogP contribution in [0.15, 0.2) is 77.7 Å². The van der Waals surface area contributed by atoms with E-state index in [0.717, 1.165) is 4.31 Å². The zero-order chi connectivity index (χ0) is 29.0. The highest BCUT2D eigenvalue weighted by Crippen LogP contribution is 2.30. The molecule has 0 aliphatic rings. The molecule has 208 valence electrons. The quantitative estimate of drug-likeness (QED) is 0.314. The number of benzene rings is 3. The second-order valence-corrected chi connectivity index (χ2v) is 13.1. The molecular formula is C28H30Cl3N3O4S. The van der Waals surface area contributed by atoms with Crippen LogP contribution < -0.4 is 9.62 Å². The van der Waals surface area contributed by atoms with Gasteiger partial charge in [0, 0.05) is 27.2 Å². The number of rotatable bonds is 9. The van der Waals surface area contributed by atoms with Crippen LogP contribution in [-0.2, 0) is 26.2 Å². The molecule has 1 unspecified atom stereocenters. The van der Waals surface area contributed by atoms with Crippen molar-refractivity contribution in [3.63, 3.8) is 0 Å². The zero-order valence-corrected chi connectivity index (χ0v) is 25.1. The third-order valence-electron chi connectivity index (χ3n) is 5.71. The maximum atomic E-state index is 13.9. The van der Waals surface area contributed by atoms with Crippen LogP contribution >= 0.6 is 34.8 Å². The van der Waals surface area contributed by atoms with Crippen LogP contribution in [0.5, 0.6) is 0 Å². The van der Waals surface area contributed by atoms with Crippen LogP contribution in [0.4, 0.5) is 5.69 Å². The van der Waals surface area contributed by atoms with Gasteiger partial charge in [0.2, 0.25) is 11.8 Å². The number of carbonyl (C=O) groups excluding carboxylic acids is 2. The summed E-state index contributed by atoms with van der Waals surface area (Å²) in [5.41, 5.74) is 0.158. The first-order valence-electron chi connectivity index (χ1n) is 12.1. The minimum Gasteiger partial charge on any atom is -0.350 e. The van der Waals surface area contributed by atoms with E-state index in [1.165, 1.54) is 35.2 Å². The lowest BCUT2D eigenvalue weighted by Gasteiger charge is -2.33. The maximum absolute atomic E-state index is 13.9. The molecule has 2 amide bonds. The minimum atomic E-state index is -4.23. The van der Waals surface area contributed by atoms with Gasteiger partial charge in [0.15, 0.2) is 0 Å². The first kappa shape index (κ1) is 30.8. The highest BCUT2D eigenvalue weighted by molar-refractivity contribution is 7.92. The average molecular weight is 611 g/mol. The molecule has 0 aliphatic carbocycles. The van der Waals surface area contributed by atoms with Gasteiger partial charge in [-0.2, -0.15) is 0 Å². The van der Waals surface area contributed by atoms with Gasteiger partial charge >= 0.3 is 0 Å². The first-order valence-corrected chi connectivity index (χ1v) is 14.7. The summed E-state index contributed by atoms with van der Waals surface area (Å²) in [6.45, 7) is 6.43. The van der Waals surface area contributed by atoms with Gasteiger partial charge in [-0.1, -0.05) is 71.2 Å². The van der Waals surface area contributed by atoms with Crippen molar-refractivity contribution >= 4 is 62.3 Å². The summed E-state index contributed by atoms with van der Waals surface area (Å²) in [4.78, 5) is 28.4. The predicted molar refractivity (Wildman–Crippen MR) is 157 cm³/mol. The molecule has 11 heteroatoms. The molecule has 0 fully saturated rings. The fourth-order valence-electron chi connectivity index (χ4n) is 3.80. The summed E-state index contributed by atoms with van der Waals surface area (Å²) in [6, 6.07) is 18.0. The van der Waals surface area contributed by atoms with E-state index >= 15 is 0 Å². The Morgan fingerprint density at radius 1 is 0.897 bits per heavy atom. The van der Waals surface area contributed by atoms with Gasteiger partial charge in [0.05, 0.1) is 10.6 Å². The summed E-state index contributed by atoms with van der Waals surface area (Å²) in [7, 11) is -4.23. The van der Waals surface area contributed by atoms with E-state index in [1.807, 2.05) is 20.8 Å². The molecule has 7 nitrogen and oxygen atoms in total. The van der Waals surface area contributed by atoms with Gasteiger partial charge in [-0.05, 0) is 69.7 Å². The Morgan fingerprint density at radius 3 is 2.03 bits per heavy atom. The molecular weight excluding hydrogens is 581 g/mol. The number of carbonyl (C=O) groups is 2. The molecule has 0 saturated heterocycles. The number of hydrogen-bond acceptors (Lipinski definition) is 4. The second kappa shape index (κ2) is 12.6. The lowest BCUT2D eigenvalue weighted by atomic mass is 10.1. The van der Waals surface area contributed by atoms with E-state index in [2.05, 4.69) is 5.32 Å². The fourth-order valence-corrected chi connectivity index (χ4v) is 5.93. The van der Waals surface area contributed by atoms with E-state index in [-0.39, 0.29) is 27.2 Å². The predicted octanol–water partition coefficient (Wildman–Crippen LogP) is 6.17. The van der Waals surface area contributed by atoms with Gasteiger partial charge in [0.1, 0.15) is 12.6 Å². The molecule has 0 bridgehead atoms. The Balaban J connectivity index is 2.07. The topological polar surface area (TPSA) is 86.8 Å². The SMILES string of the molecule is CC(C(=O)NC(C)(C)C)N(Cc1ccccc1Cl)C(=O)CN(c1cc(Cl)cc(Cl)c1)S(=O)(=O)c1ccccc1. The van der Waals surface area contributed by atoms with Crippen LogP contribution in [0.25, 0.3) is 0 Å². The van der Waals surface area contributed by atoms with Gasteiger partial charge in [-0.3, -0.25) is 13.9 Å². The Kier molecular flexibility index (Phi) is 9.93. The molecule has 0 spiro atoms. The van der Waals surface area contributed by atoms with Crippen LogP contribution in [-0.4, -0.2) is 43.3 Å². The highest BCUT2D eigenvalue weighted by Gasteiger charge is 2.33. The Labute approximate surface area is 244 Å². The van der Waals surface area contributed by atoms with E-state index in [0.29, 0.717) is 10.6 Å². The zero-order valence-electron chi connectivity index (χ0n) is 22.0. The van der Waals surface area contributed by atoms with Crippen molar-refractivity contribution in [2.45, 2.75) is 50.7 Å². The number of anilines is 1. The number of nitrogens with zero attached hydrogens (tertiary/aromatic N) is 2. The van der Waals surface area contributed by atoms with E-state index in [9.17, 15) is 18.0 Å². The number of sulfonamides is 1. The highest BCUT2D eigenvalue weighted by atomic mass is 35.5. The van der Waals surface area contributed by atoms with Crippen molar-refractivity contribution in [2.75, 3.05) is 10.8 Å². The number of nitrogens with one attached hydrogen (secondary N) is 1. The van der Waals surface area contributed by atoms with E-state index in [1.54, 1.807) is 49.4 Å². The summed E-state index contributed by atoms with van der Waals surface area (Å²) in [5.74, 6) is -1.02. The van der Waals surface area contributed by atoms with Crippen molar-refractivity contribution in [3.05, 3.63) is 93.4 Å². The van der Waals surface area contributed by atoms with Crippen molar-refractivity contribution in [1.82, 2.24) is 10.2 Å². The minimum absolute atomic E-state index is 0.0211. The normalized spacial score (nSPS) is 12.5. The summed E-state index contributed by atoms with van der Waals surface area (Å²) in [5, 5.41) is 3.69. The maximum Gasteiger partial charge on any atom is 0.264 e. The first-order chi connectivity index (χ1) is 18.2. The largest absolute Gasteiger partial charge is 0.350 e. The summed E-state index contributed by atoms with van der Waals surface area (Å²) >= 11 is 18.8. The molecule has 1 atom stereocenters. The Hall–Kier alpha value is -2.78. The fraction of sp³-hybridized carbons (Fsp3) is 0.286. The van der Waals surface area contributed by atoms with Crippen LogP contribution in [0.3, 0.4) is 0 Å². The lowest BCUT2D eigenvalue weighted by Crippen LogP contribution is -2.54. The molecule has 1 N–H and O–H groups in total. The smallest absolute Gasteiger partial charge is 0.264 e. The number of halogens is 3. The van der Waals surface area contributed by atoms with Crippen LogP contribution in [0, 0.1) is 0 Å².